The Morgan fingerprint density at radius 3 is 1.36 bits per heavy atom. The van der Waals surface area contributed by atoms with E-state index in [4.69, 9.17) is 27.9 Å². The summed E-state index contributed by atoms with van der Waals surface area (Å²) < 4.78 is 5.72. The zero-order valence-electron chi connectivity index (χ0n) is 13.8. The van der Waals surface area contributed by atoms with Crippen molar-refractivity contribution in [1.82, 2.24) is 0 Å². The molecule has 0 radical (unpaired) electrons. The molecule has 0 bridgehead atoms. The fraction of sp³-hybridized carbons (Fsp3) is 0.222. The molecule has 0 saturated heterocycles. The van der Waals surface area contributed by atoms with Crippen molar-refractivity contribution in [3.8, 4) is 11.5 Å². The van der Waals surface area contributed by atoms with Gasteiger partial charge in [0.25, 0.3) is 0 Å². The van der Waals surface area contributed by atoms with Crippen molar-refractivity contribution < 1.29 is 14.3 Å². The first-order valence-corrected chi connectivity index (χ1v) is 8.50. The largest absolute Gasteiger partial charge is 0.457 e. The highest BCUT2D eigenvalue weighted by molar-refractivity contribution is 6.32. The molecule has 0 fully saturated rings. The monoisotopic (exact) mass is 380 g/mol. The highest BCUT2D eigenvalue weighted by Crippen LogP contribution is 2.24. The van der Waals surface area contributed by atoms with E-state index < -0.39 is 10.8 Å². The molecule has 0 aliphatic carbocycles. The summed E-state index contributed by atoms with van der Waals surface area (Å²) in [5, 5.41) is 4.18. The van der Waals surface area contributed by atoms with Gasteiger partial charge in [-0.3, -0.25) is 9.59 Å². The van der Waals surface area contributed by atoms with Gasteiger partial charge in [0.05, 0.1) is 0 Å². The third kappa shape index (κ3) is 5.96. The van der Waals surface area contributed by atoms with Gasteiger partial charge in [0, 0.05) is 11.4 Å². The maximum Gasteiger partial charge on any atom is 0.242 e. The van der Waals surface area contributed by atoms with Gasteiger partial charge in [-0.25, -0.2) is 0 Å². The fourth-order valence-corrected chi connectivity index (χ4v) is 1.94. The number of carbonyl (C=O) groups is 2. The highest BCUT2D eigenvalue weighted by atomic mass is 35.5. The number of benzene rings is 2. The Morgan fingerprint density at radius 1 is 0.760 bits per heavy atom. The van der Waals surface area contributed by atoms with Crippen molar-refractivity contribution in [2.24, 2.45) is 0 Å². The summed E-state index contributed by atoms with van der Waals surface area (Å²) in [4.78, 5) is 23.1. The maximum atomic E-state index is 11.5. The minimum absolute atomic E-state index is 0.265. The summed E-state index contributed by atoms with van der Waals surface area (Å²) in [5.41, 5.74) is 1.27. The Bertz CT molecular complexity index is 665. The second kappa shape index (κ2) is 8.74. The average molecular weight is 381 g/mol. The van der Waals surface area contributed by atoms with Crippen LogP contribution in [0.25, 0.3) is 0 Å². The smallest absolute Gasteiger partial charge is 0.242 e. The Hall–Kier alpha value is -2.24. The summed E-state index contributed by atoms with van der Waals surface area (Å²) in [6, 6.07) is 13.8. The normalized spacial score (nSPS) is 12.8. The van der Waals surface area contributed by atoms with E-state index in [1.54, 1.807) is 62.4 Å². The summed E-state index contributed by atoms with van der Waals surface area (Å²) in [7, 11) is 0. The Morgan fingerprint density at radius 2 is 1.08 bits per heavy atom. The number of carbonyl (C=O) groups excluding carboxylic acids is 2. The van der Waals surface area contributed by atoms with Crippen LogP contribution in [0.15, 0.2) is 48.5 Å². The van der Waals surface area contributed by atoms with Crippen LogP contribution in [0.3, 0.4) is 0 Å². The zero-order chi connectivity index (χ0) is 18.4. The first kappa shape index (κ1) is 19.1. The van der Waals surface area contributed by atoms with Crippen LogP contribution in [0.2, 0.25) is 0 Å². The number of ether oxygens (including phenoxy) is 1. The van der Waals surface area contributed by atoms with E-state index in [-0.39, 0.29) is 11.8 Å². The third-order valence-corrected chi connectivity index (χ3v) is 3.60. The van der Waals surface area contributed by atoms with E-state index >= 15 is 0 Å². The number of amides is 2. The average Bonchev–Trinajstić information content (AvgIpc) is 2.58. The lowest BCUT2D eigenvalue weighted by atomic mass is 10.2. The second-order valence-electron chi connectivity index (χ2n) is 5.36. The van der Waals surface area contributed by atoms with Crippen LogP contribution in [0, 0.1) is 0 Å². The van der Waals surface area contributed by atoms with Crippen LogP contribution >= 0.6 is 23.2 Å². The highest BCUT2D eigenvalue weighted by Gasteiger charge is 2.10. The van der Waals surface area contributed by atoms with Gasteiger partial charge in [-0.05, 0) is 62.4 Å². The number of rotatable bonds is 6. The number of hydrogen-bond donors (Lipinski definition) is 2. The number of anilines is 2. The molecule has 2 aromatic carbocycles. The van der Waals surface area contributed by atoms with Gasteiger partial charge in [0.15, 0.2) is 0 Å². The standard InChI is InChI=1S/C18H18Cl2N2O3/c1-11(19)17(23)21-13-3-7-15(8-4-13)25-16-9-5-14(6-10-16)22-18(24)12(2)20/h3-12H,1-2H3,(H,21,23)(H,22,24). The molecule has 0 spiro atoms. The van der Waals surface area contributed by atoms with Gasteiger partial charge in [0.2, 0.25) is 11.8 Å². The summed E-state index contributed by atoms with van der Waals surface area (Å²) in [6.45, 7) is 3.21. The lowest BCUT2D eigenvalue weighted by Crippen LogP contribution is -2.20. The van der Waals surface area contributed by atoms with Gasteiger partial charge in [-0.15, -0.1) is 23.2 Å². The summed E-state index contributed by atoms with van der Waals surface area (Å²) >= 11 is 11.4. The molecule has 2 amide bonds. The first-order chi connectivity index (χ1) is 11.8. The molecule has 0 aromatic heterocycles. The van der Waals surface area contributed by atoms with E-state index in [0.717, 1.165) is 0 Å². The molecule has 2 atom stereocenters. The molecule has 2 N–H and O–H groups in total. The predicted octanol–water partition coefficient (Wildman–Crippen LogP) is 4.61. The van der Waals surface area contributed by atoms with E-state index in [2.05, 4.69) is 10.6 Å². The van der Waals surface area contributed by atoms with E-state index in [9.17, 15) is 9.59 Å². The molecule has 5 nitrogen and oxygen atoms in total. The lowest BCUT2D eigenvalue weighted by Gasteiger charge is -2.10. The Kier molecular flexibility index (Phi) is 6.67. The van der Waals surface area contributed by atoms with Crippen LogP contribution in [0.1, 0.15) is 13.8 Å². The molecule has 0 aliphatic rings. The number of hydrogen-bond acceptors (Lipinski definition) is 3. The third-order valence-electron chi connectivity index (χ3n) is 3.20. The van der Waals surface area contributed by atoms with Crippen LogP contribution in [-0.4, -0.2) is 22.6 Å². The van der Waals surface area contributed by atoms with Crippen molar-refractivity contribution in [2.45, 2.75) is 24.6 Å². The Labute approximate surface area is 156 Å². The van der Waals surface area contributed by atoms with Crippen LogP contribution in [-0.2, 0) is 9.59 Å². The van der Waals surface area contributed by atoms with Gasteiger partial charge in [0.1, 0.15) is 22.3 Å². The van der Waals surface area contributed by atoms with E-state index in [0.29, 0.717) is 22.9 Å². The molecule has 2 aromatic rings. The van der Waals surface area contributed by atoms with Gasteiger partial charge >= 0.3 is 0 Å². The molecule has 7 heteroatoms. The minimum Gasteiger partial charge on any atom is -0.457 e. The van der Waals surface area contributed by atoms with Crippen molar-refractivity contribution in [3.05, 3.63) is 48.5 Å². The lowest BCUT2D eigenvalue weighted by molar-refractivity contribution is -0.116. The minimum atomic E-state index is -0.600. The second-order valence-corrected chi connectivity index (χ2v) is 6.67. The molecule has 132 valence electrons. The van der Waals surface area contributed by atoms with Gasteiger partial charge < -0.3 is 15.4 Å². The zero-order valence-corrected chi connectivity index (χ0v) is 15.3. The predicted molar refractivity (Wildman–Crippen MR) is 101 cm³/mol. The molecular formula is C18H18Cl2N2O3. The molecule has 0 heterocycles. The fourth-order valence-electron chi connectivity index (χ4n) is 1.83. The van der Waals surface area contributed by atoms with Crippen molar-refractivity contribution >= 4 is 46.4 Å². The molecule has 0 aliphatic heterocycles. The van der Waals surface area contributed by atoms with Crippen LogP contribution < -0.4 is 15.4 Å². The summed E-state index contributed by atoms with van der Waals surface area (Å²) in [5.74, 6) is 0.699. The number of halogens is 2. The van der Waals surface area contributed by atoms with E-state index in [1.165, 1.54) is 0 Å². The molecule has 2 rings (SSSR count). The molecular weight excluding hydrogens is 363 g/mol. The first-order valence-electron chi connectivity index (χ1n) is 7.63. The molecule has 25 heavy (non-hydrogen) atoms. The number of alkyl halides is 2. The quantitative estimate of drug-likeness (QED) is 0.718. The Balaban J connectivity index is 1.95. The van der Waals surface area contributed by atoms with Crippen LogP contribution in [0.5, 0.6) is 11.5 Å². The van der Waals surface area contributed by atoms with Crippen molar-refractivity contribution in [3.63, 3.8) is 0 Å². The van der Waals surface area contributed by atoms with Crippen LogP contribution in [0.4, 0.5) is 11.4 Å². The molecule has 2 unspecified atom stereocenters. The topological polar surface area (TPSA) is 67.4 Å². The van der Waals surface area contributed by atoms with E-state index in [1.807, 2.05) is 0 Å². The SMILES string of the molecule is CC(Cl)C(=O)Nc1ccc(Oc2ccc(NC(=O)C(C)Cl)cc2)cc1. The number of nitrogens with one attached hydrogen (secondary N) is 2. The molecule has 0 saturated carbocycles. The van der Waals surface area contributed by atoms with Crippen molar-refractivity contribution in [1.29, 1.82) is 0 Å². The van der Waals surface area contributed by atoms with Crippen molar-refractivity contribution in [2.75, 3.05) is 10.6 Å². The van der Waals surface area contributed by atoms with Gasteiger partial charge in [-0.1, -0.05) is 0 Å². The van der Waals surface area contributed by atoms with Gasteiger partial charge in [-0.2, -0.15) is 0 Å². The summed E-state index contributed by atoms with van der Waals surface area (Å²) in [6.07, 6.45) is 0. The maximum absolute atomic E-state index is 11.5.